The monoisotopic (exact) mass is 274 g/mol. The van der Waals surface area contributed by atoms with Crippen LogP contribution in [0.1, 0.15) is 54.5 Å². The van der Waals surface area contributed by atoms with E-state index in [0.29, 0.717) is 0 Å². The Bertz CT molecular complexity index is 478. The molecule has 0 saturated carbocycles. The van der Waals surface area contributed by atoms with E-state index in [0.717, 1.165) is 0 Å². The second-order valence-corrected chi connectivity index (χ2v) is 12.1. The minimum atomic E-state index is -1.25. The summed E-state index contributed by atoms with van der Waals surface area (Å²) in [4.78, 5) is 0. The Labute approximate surface area is 120 Å². The maximum Gasteiger partial charge on any atom is 0.0783 e. The highest BCUT2D eigenvalue weighted by molar-refractivity contribution is 6.89. The van der Waals surface area contributed by atoms with Gasteiger partial charge in [0.25, 0.3) is 0 Å². The van der Waals surface area contributed by atoms with Gasteiger partial charge >= 0.3 is 0 Å². The van der Waals surface area contributed by atoms with Gasteiger partial charge in [0.15, 0.2) is 0 Å². The van der Waals surface area contributed by atoms with E-state index >= 15 is 0 Å². The van der Waals surface area contributed by atoms with Gasteiger partial charge < -0.3 is 0 Å². The number of hydrogen-bond donors (Lipinski definition) is 0. The molecule has 106 valence electrons. The molecule has 19 heavy (non-hydrogen) atoms. The fraction of sp³-hybridized carbons (Fsp3) is 0.667. The molecular formula is C18H30Si. The van der Waals surface area contributed by atoms with Gasteiger partial charge in [0.1, 0.15) is 0 Å². The highest BCUT2D eigenvalue weighted by atomic mass is 28.3. The van der Waals surface area contributed by atoms with Crippen LogP contribution in [0, 0.1) is 6.92 Å². The van der Waals surface area contributed by atoms with Crippen LogP contribution in [-0.2, 0) is 25.7 Å². The molecule has 0 N–H and O–H groups in total. The van der Waals surface area contributed by atoms with Crippen molar-refractivity contribution in [2.75, 3.05) is 0 Å². The van der Waals surface area contributed by atoms with Gasteiger partial charge in [-0.05, 0) is 73.3 Å². The number of fused-ring (bicyclic) bond motifs is 1. The molecule has 0 saturated heterocycles. The van der Waals surface area contributed by atoms with Crippen molar-refractivity contribution in [3.05, 3.63) is 27.8 Å². The summed E-state index contributed by atoms with van der Waals surface area (Å²) in [5.41, 5.74) is 8.59. The molecule has 0 radical (unpaired) electrons. The summed E-state index contributed by atoms with van der Waals surface area (Å²) < 4.78 is 0. The third-order valence-electron chi connectivity index (χ3n) is 4.78. The smallest absolute Gasteiger partial charge is 0.0656 e. The lowest BCUT2D eigenvalue weighted by Gasteiger charge is -2.32. The molecule has 1 aromatic carbocycles. The molecule has 0 aromatic heterocycles. The summed E-state index contributed by atoms with van der Waals surface area (Å²) >= 11 is 0. The van der Waals surface area contributed by atoms with E-state index in [4.69, 9.17) is 0 Å². The first kappa shape index (κ1) is 14.8. The molecule has 2 rings (SSSR count). The van der Waals surface area contributed by atoms with Crippen molar-refractivity contribution < 1.29 is 0 Å². The van der Waals surface area contributed by atoms with Crippen molar-refractivity contribution in [3.8, 4) is 0 Å². The lowest BCUT2D eigenvalue weighted by atomic mass is 9.81. The molecule has 1 heteroatoms. The second-order valence-electron chi connectivity index (χ2n) is 7.08. The van der Waals surface area contributed by atoms with Gasteiger partial charge in [-0.1, -0.05) is 38.7 Å². The third-order valence-corrected chi connectivity index (χ3v) is 6.96. The van der Waals surface area contributed by atoms with Gasteiger partial charge in [-0.25, -0.2) is 0 Å². The van der Waals surface area contributed by atoms with E-state index in [1.165, 1.54) is 38.5 Å². The fourth-order valence-corrected chi connectivity index (χ4v) is 6.72. The predicted molar refractivity (Wildman–Crippen MR) is 89.6 cm³/mol. The van der Waals surface area contributed by atoms with Crippen molar-refractivity contribution in [2.45, 2.75) is 78.9 Å². The van der Waals surface area contributed by atoms with Crippen LogP contribution in [0.25, 0.3) is 0 Å². The van der Waals surface area contributed by atoms with Crippen molar-refractivity contribution in [2.24, 2.45) is 0 Å². The van der Waals surface area contributed by atoms with Gasteiger partial charge in [-0.15, -0.1) is 0 Å². The molecule has 0 bridgehead atoms. The first-order chi connectivity index (χ1) is 8.91. The van der Waals surface area contributed by atoms with Gasteiger partial charge in [-0.3, -0.25) is 0 Å². The Morgan fingerprint density at radius 3 is 1.74 bits per heavy atom. The Kier molecular flexibility index (Phi) is 4.25. The zero-order valence-corrected chi connectivity index (χ0v) is 14.7. The quantitative estimate of drug-likeness (QED) is 0.710. The van der Waals surface area contributed by atoms with Crippen LogP contribution < -0.4 is 5.19 Å². The predicted octanol–water partition coefficient (Wildman–Crippen LogP) is 4.54. The van der Waals surface area contributed by atoms with Crippen LogP contribution in [0.4, 0.5) is 0 Å². The minimum absolute atomic E-state index is 1.22. The first-order valence-corrected chi connectivity index (χ1v) is 11.6. The topological polar surface area (TPSA) is 0 Å². The third kappa shape index (κ3) is 2.54. The van der Waals surface area contributed by atoms with Gasteiger partial charge in [0.2, 0.25) is 0 Å². The van der Waals surface area contributed by atoms with Gasteiger partial charge in [0.05, 0.1) is 8.07 Å². The molecule has 0 spiro atoms. The van der Waals surface area contributed by atoms with Gasteiger partial charge in [-0.2, -0.15) is 0 Å². The second kappa shape index (κ2) is 5.44. The molecule has 1 aliphatic rings. The van der Waals surface area contributed by atoms with E-state index in [9.17, 15) is 0 Å². The average molecular weight is 275 g/mol. The SMILES string of the molecule is CCc1c(C)c([Si](C)(C)C)c(CC)c2c1CCCC2. The molecule has 0 fully saturated rings. The molecule has 1 aromatic rings. The molecular weight excluding hydrogens is 244 g/mol. The first-order valence-electron chi connectivity index (χ1n) is 8.08. The van der Waals surface area contributed by atoms with E-state index < -0.39 is 8.07 Å². The van der Waals surface area contributed by atoms with Crippen molar-refractivity contribution >= 4 is 13.3 Å². The maximum atomic E-state index is 2.52. The molecule has 0 aliphatic heterocycles. The summed E-state index contributed by atoms with van der Waals surface area (Å²) in [6.45, 7) is 14.7. The zero-order valence-electron chi connectivity index (χ0n) is 13.7. The summed E-state index contributed by atoms with van der Waals surface area (Å²) in [5, 5.41) is 1.78. The summed E-state index contributed by atoms with van der Waals surface area (Å²) in [5.74, 6) is 0. The summed E-state index contributed by atoms with van der Waals surface area (Å²) in [6, 6.07) is 0. The Morgan fingerprint density at radius 2 is 1.32 bits per heavy atom. The van der Waals surface area contributed by atoms with Crippen molar-refractivity contribution in [1.29, 1.82) is 0 Å². The minimum Gasteiger partial charge on any atom is -0.0656 e. The Hall–Kier alpha value is -0.563. The highest BCUT2D eigenvalue weighted by Gasteiger charge is 2.28. The van der Waals surface area contributed by atoms with E-state index in [1.54, 1.807) is 33.0 Å². The average Bonchev–Trinajstić information content (AvgIpc) is 2.35. The number of hydrogen-bond acceptors (Lipinski definition) is 0. The van der Waals surface area contributed by atoms with Crippen LogP contribution in [0.2, 0.25) is 19.6 Å². The van der Waals surface area contributed by atoms with Crippen LogP contribution in [0.3, 0.4) is 0 Å². The molecule has 0 nitrogen and oxygen atoms in total. The molecule has 0 unspecified atom stereocenters. The Morgan fingerprint density at radius 1 is 0.842 bits per heavy atom. The van der Waals surface area contributed by atoms with E-state index in [-0.39, 0.29) is 0 Å². The molecule has 0 heterocycles. The van der Waals surface area contributed by atoms with Crippen molar-refractivity contribution in [3.63, 3.8) is 0 Å². The van der Waals surface area contributed by atoms with Crippen LogP contribution in [-0.4, -0.2) is 8.07 Å². The number of rotatable bonds is 3. The largest absolute Gasteiger partial charge is 0.0783 e. The van der Waals surface area contributed by atoms with Gasteiger partial charge in [0, 0.05) is 0 Å². The lowest BCUT2D eigenvalue weighted by Crippen LogP contribution is -2.44. The standard InChI is InChI=1S/C18H30Si/c1-7-14-13(3)18(19(4,5)6)15(8-2)17-12-10-9-11-16(14)17/h7-12H2,1-6H3. The molecule has 1 aliphatic carbocycles. The van der Waals surface area contributed by atoms with Crippen LogP contribution in [0.15, 0.2) is 0 Å². The van der Waals surface area contributed by atoms with Crippen LogP contribution in [0.5, 0.6) is 0 Å². The zero-order chi connectivity index (χ0) is 14.2. The summed E-state index contributed by atoms with van der Waals surface area (Å²) in [7, 11) is -1.25. The summed E-state index contributed by atoms with van der Waals surface area (Å²) in [6.07, 6.45) is 7.91. The lowest BCUT2D eigenvalue weighted by molar-refractivity contribution is 0.672. The fourth-order valence-electron chi connectivity index (χ4n) is 4.21. The van der Waals surface area contributed by atoms with E-state index in [1.807, 2.05) is 0 Å². The Balaban J connectivity index is 2.80. The van der Waals surface area contributed by atoms with E-state index in [2.05, 4.69) is 40.4 Å². The molecule has 0 atom stereocenters. The normalized spacial score (nSPS) is 15.5. The van der Waals surface area contributed by atoms with Crippen LogP contribution >= 0.6 is 0 Å². The highest BCUT2D eigenvalue weighted by Crippen LogP contribution is 2.31. The molecule has 0 amide bonds. The van der Waals surface area contributed by atoms with Crippen molar-refractivity contribution in [1.82, 2.24) is 0 Å². The number of benzene rings is 1. The maximum absolute atomic E-state index is 2.52.